The van der Waals surface area contributed by atoms with Crippen LogP contribution >= 0.6 is 0 Å². The molecule has 1 aromatic carbocycles. The maximum absolute atomic E-state index is 12.2. The van der Waals surface area contributed by atoms with E-state index < -0.39 is 9.84 Å². The number of hydrogen-bond acceptors (Lipinski definition) is 5. The molecule has 2 aliphatic rings. The number of carbonyl (C=O) groups is 1. The van der Waals surface area contributed by atoms with Gasteiger partial charge in [-0.05, 0) is 49.2 Å². The first-order chi connectivity index (χ1) is 14.9. The van der Waals surface area contributed by atoms with Crippen molar-refractivity contribution in [2.75, 3.05) is 19.3 Å². The van der Waals surface area contributed by atoms with Crippen molar-refractivity contribution in [3.05, 3.63) is 48.8 Å². The van der Waals surface area contributed by atoms with Crippen LogP contribution in [0.5, 0.6) is 5.75 Å². The lowest BCUT2D eigenvalue weighted by atomic mass is 10.1. The first-order valence-corrected chi connectivity index (χ1v) is 12.5. The Balaban J connectivity index is 1.26. The lowest BCUT2D eigenvalue weighted by molar-refractivity contribution is -0.134. The summed E-state index contributed by atoms with van der Waals surface area (Å²) in [5.74, 6) is 2.04. The molecule has 5 rings (SSSR count). The van der Waals surface area contributed by atoms with Gasteiger partial charge < -0.3 is 14.2 Å². The largest absolute Gasteiger partial charge is 0.489 e. The normalized spacial score (nSPS) is 17.8. The maximum Gasteiger partial charge on any atom is 0.225 e. The van der Waals surface area contributed by atoms with E-state index in [4.69, 9.17) is 4.74 Å². The summed E-state index contributed by atoms with van der Waals surface area (Å²) in [6.45, 7) is 1.52. The molecular formula is C23H25N3O4S. The average molecular weight is 440 g/mol. The van der Waals surface area contributed by atoms with Crippen LogP contribution in [0.3, 0.4) is 0 Å². The van der Waals surface area contributed by atoms with E-state index in [2.05, 4.69) is 4.98 Å². The summed E-state index contributed by atoms with van der Waals surface area (Å²) >= 11 is 0. The third-order valence-corrected chi connectivity index (χ3v) is 7.15. The predicted octanol–water partition coefficient (Wildman–Crippen LogP) is 3.21. The number of nitrogens with zero attached hydrogens (tertiary/aromatic N) is 3. The highest BCUT2D eigenvalue weighted by Gasteiger charge is 2.35. The van der Waals surface area contributed by atoms with Gasteiger partial charge in [-0.3, -0.25) is 4.79 Å². The number of fused-ring (bicyclic) bond motifs is 1. The molecule has 162 valence electrons. The topological polar surface area (TPSA) is 81.5 Å². The van der Waals surface area contributed by atoms with E-state index >= 15 is 0 Å². The van der Waals surface area contributed by atoms with Gasteiger partial charge in [0.1, 0.15) is 17.7 Å². The molecule has 7 nitrogen and oxygen atoms in total. The first-order valence-electron chi connectivity index (χ1n) is 10.6. The smallest absolute Gasteiger partial charge is 0.225 e. The highest BCUT2D eigenvalue weighted by Crippen LogP contribution is 2.32. The van der Waals surface area contributed by atoms with Gasteiger partial charge >= 0.3 is 0 Å². The summed E-state index contributed by atoms with van der Waals surface area (Å²) in [5, 5.41) is 0.845. The van der Waals surface area contributed by atoms with Gasteiger partial charge in [0.05, 0.1) is 16.6 Å². The molecule has 2 fully saturated rings. The number of aromatic nitrogens is 2. The van der Waals surface area contributed by atoms with E-state index in [1.54, 1.807) is 24.4 Å². The molecule has 0 bridgehead atoms. The highest BCUT2D eigenvalue weighted by atomic mass is 32.2. The number of amides is 1. The molecule has 0 N–H and O–H groups in total. The highest BCUT2D eigenvalue weighted by molar-refractivity contribution is 7.90. The third-order valence-electron chi connectivity index (χ3n) is 6.04. The molecule has 8 heteroatoms. The molecule has 3 aromatic rings. The Morgan fingerprint density at radius 2 is 1.84 bits per heavy atom. The fourth-order valence-electron chi connectivity index (χ4n) is 4.11. The molecule has 0 unspecified atom stereocenters. The van der Waals surface area contributed by atoms with Gasteiger partial charge in [0, 0.05) is 49.7 Å². The zero-order valence-electron chi connectivity index (χ0n) is 17.4. The first kappa shape index (κ1) is 20.1. The van der Waals surface area contributed by atoms with Crippen molar-refractivity contribution in [3.63, 3.8) is 0 Å². The molecular weight excluding hydrogens is 414 g/mol. The summed E-state index contributed by atoms with van der Waals surface area (Å²) in [7, 11) is -3.24. The van der Waals surface area contributed by atoms with Crippen LogP contribution in [0.15, 0.2) is 53.7 Å². The number of sulfone groups is 1. The average Bonchev–Trinajstić information content (AvgIpc) is 3.53. The van der Waals surface area contributed by atoms with Crippen molar-refractivity contribution < 1.29 is 17.9 Å². The van der Waals surface area contributed by atoms with Gasteiger partial charge in [0.2, 0.25) is 5.91 Å². The summed E-state index contributed by atoms with van der Waals surface area (Å²) in [6, 6.07) is 10.8. The second-order valence-corrected chi connectivity index (χ2v) is 10.5. The van der Waals surface area contributed by atoms with Crippen molar-refractivity contribution in [1.29, 1.82) is 0 Å². The van der Waals surface area contributed by atoms with Crippen LogP contribution in [-0.4, -0.2) is 54.2 Å². The Kier molecular flexibility index (Phi) is 4.97. The van der Waals surface area contributed by atoms with Crippen molar-refractivity contribution in [2.24, 2.45) is 5.92 Å². The fraction of sp³-hybridized carbons (Fsp3) is 0.391. The van der Waals surface area contributed by atoms with Crippen molar-refractivity contribution in [1.82, 2.24) is 14.5 Å². The SMILES string of the molecule is CS(=O)(=O)c1ccc2c(ccn2-c2ccc(OC3CCN(C(=O)C4CC4)CC3)cn2)c1. The van der Waals surface area contributed by atoms with E-state index in [0.717, 1.165) is 55.5 Å². The van der Waals surface area contributed by atoms with Crippen molar-refractivity contribution in [3.8, 4) is 11.6 Å². The molecule has 31 heavy (non-hydrogen) atoms. The van der Waals surface area contributed by atoms with E-state index in [9.17, 15) is 13.2 Å². The van der Waals surface area contributed by atoms with Gasteiger partial charge in [-0.15, -0.1) is 0 Å². The zero-order chi connectivity index (χ0) is 21.6. The molecule has 0 atom stereocenters. The summed E-state index contributed by atoms with van der Waals surface area (Å²) in [6.07, 6.45) is 8.67. The molecule has 0 spiro atoms. The van der Waals surface area contributed by atoms with Crippen LogP contribution in [0, 0.1) is 5.92 Å². The number of piperidine rings is 1. The molecule has 1 aliphatic carbocycles. The number of pyridine rings is 1. The minimum absolute atomic E-state index is 0.0951. The summed E-state index contributed by atoms with van der Waals surface area (Å²) in [4.78, 5) is 19.0. The Labute approximate surface area is 181 Å². The predicted molar refractivity (Wildman–Crippen MR) is 117 cm³/mol. The standard InChI is InChI=1S/C23H25N3O4S/c1-31(28,29)20-5-6-21-17(14-20)8-13-26(21)22-7-4-19(15-24-22)30-18-9-11-25(12-10-18)23(27)16-2-3-16/h4-8,13-16,18H,2-3,9-12H2,1H3. The fourth-order valence-corrected chi connectivity index (χ4v) is 4.77. The van der Waals surface area contributed by atoms with E-state index in [1.807, 2.05) is 33.9 Å². The van der Waals surface area contributed by atoms with E-state index in [1.165, 1.54) is 6.26 Å². The molecule has 1 saturated heterocycles. The summed E-state index contributed by atoms with van der Waals surface area (Å²) < 4.78 is 31.6. The van der Waals surface area contributed by atoms with Crippen LogP contribution in [0.2, 0.25) is 0 Å². The van der Waals surface area contributed by atoms with Crippen LogP contribution < -0.4 is 4.74 Å². The van der Waals surface area contributed by atoms with Gasteiger partial charge in [0.25, 0.3) is 0 Å². The number of carbonyl (C=O) groups excluding carboxylic acids is 1. The van der Waals surface area contributed by atoms with Crippen LogP contribution in [-0.2, 0) is 14.6 Å². The monoisotopic (exact) mass is 439 g/mol. The van der Waals surface area contributed by atoms with Gasteiger partial charge in [-0.1, -0.05) is 0 Å². The van der Waals surface area contributed by atoms with Crippen molar-refractivity contribution >= 4 is 26.6 Å². The quantitative estimate of drug-likeness (QED) is 0.610. The third kappa shape index (κ3) is 4.17. The Morgan fingerprint density at radius 1 is 1.06 bits per heavy atom. The number of hydrogen-bond donors (Lipinski definition) is 0. The van der Waals surface area contributed by atoms with Crippen LogP contribution in [0.1, 0.15) is 25.7 Å². The Bertz CT molecular complexity index is 1220. The minimum atomic E-state index is -3.24. The van der Waals surface area contributed by atoms with Crippen molar-refractivity contribution in [2.45, 2.75) is 36.7 Å². The lowest BCUT2D eigenvalue weighted by Crippen LogP contribution is -2.42. The lowest BCUT2D eigenvalue weighted by Gasteiger charge is -2.32. The molecule has 3 heterocycles. The maximum atomic E-state index is 12.2. The number of benzene rings is 1. The molecule has 1 amide bonds. The second-order valence-electron chi connectivity index (χ2n) is 8.45. The number of likely N-dealkylation sites (tertiary alicyclic amines) is 1. The molecule has 1 saturated carbocycles. The van der Waals surface area contributed by atoms with E-state index in [-0.39, 0.29) is 12.0 Å². The minimum Gasteiger partial charge on any atom is -0.489 e. The van der Waals surface area contributed by atoms with E-state index in [0.29, 0.717) is 16.6 Å². The number of ether oxygens (including phenoxy) is 1. The van der Waals surface area contributed by atoms with Gasteiger partial charge in [0.15, 0.2) is 9.84 Å². The number of rotatable bonds is 5. The van der Waals surface area contributed by atoms with Crippen LogP contribution in [0.25, 0.3) is 16.7 Å². The summed E-state index contributed by atoms with van der Waals surface area (Å²) in [5.41, 5.74) is 0.890. The Morgan fingerprint density at radius 3 is 2.48 bits per heavy atom. The molecule has 0 radical (unpaired) electrons. The molecule has 2 aromatic heterocycles. The van der Waals surface area contributed by atoms with Crippen LogP contribution in [0.4, 0.5) is 0 Å². The van der Waals surface area contributed by atoms with Gasteiger partial charge in [-0.2, -0.15) is 0 Å². The Hall–Kier alpha value is -2.87. The molecule has 1 aliphatic heterocycles. The zero-order valence-corrected chi connectivity index (χ0v) is 18.2. The second kappa shape index (κ2) is 7.67. The van der Waals surface area contributed by atoms with Gasteiger partial charge in [-0.25, -0.2) is 13.4 Å².